The second kappa shape index (κ2) is 8.51. The molecule has 0 heterocycles. The normalized spacial score (nSPS) is 24.4. The van der Waals surface area contributed by atoms with Crippen LogP contribution in [0.15, 0.2) is 24.3 Å². The van der Waals surface area contributed by atoms with E-state index in [-0.39, 0.29) is 29.8 Å². The molecule has 0 aromatic heterocycles. The van der Waals surface area contributed by atoms with Crippen molar-refractivity contribution in [3.8, 4) is 0 Å². The van der Waals surface area contributed by atoms with Crippen molar-refractivity contribution in [1.29, 1.82) is 0 Å². The Morgan fingerprint density at radius 3 is 2.68 bits per heavy atom. The van der Waals surface area contributed by atoms with Crippen LogP contribution >= 0.6 is 12.4 Å². The maximum absolute atomic E-state index is 12.4. The molecule has 3 N–H and O–H groups in total. The van der Waals surface area contributed by atoms with E-state index in [1.807, 2.05) is 31.2 Å². The maximum Gasteiger partial charge on any atom is 0.225 e. The number of hydrogen-bond donors (Lipinski definition) is 2. The van der Waals surface area contributed by atoms with Crippen LogP contribution < -0.4 is 11.1 Å². The third-order valence-electron chi connectivity index (χ3n) is 4.44. The Kier molecular flexibility index (Phi) is 7.33. The molecule has 1 amide bonds. The van der Waals surface area contributed by atoms with E-state index in [1.54, 1.807) is 7.11 Å². The maximum atomic E-state index is 12.4. The number of nitrogens with one attached hydrogen (secondary N) is 1. The van der Waals surface area contributed by atoms with Crippen LogP contribution in [0.4, 0.5) is 0 Å². The first-order valence-electron chi connectivity index (χ1n) is 7.67. The lowest BCUT2D eigenvalue weighted by atomic mass is 9.74. The van der Waals surface area contributed by atoms with Crippen LogP contribution in [0.2, 0.25) is 0 Å². The lowest BCUT2D eigenvalue weighted by molar-refractivity contribution is -0.128. The van der Waals surface area contributed by atoms with Crippen LogP contribution in [0.5, 0.6) is 0 Å². The number of carbonyl (C=O) groups is 1. The second-order valence-corrected chi connectivity index (χ2v) is 6.22. The zero-order valence-electron chi connectivity index (χ0n) is 13.4. The van der Waals surface area contributed by atoms with Gasteiger partial charge in [0.15, 0.2) is 0 Å². The van der Waals surface area contributed by atoms with Gasteiger partial charge in [0.2, 0.25) is 5.91 Å². The molecule has 1 fully saturated rings. The third kappa shape index (κ3) is 4.70. The molecule has 2 rings (SSSR count). The van der Waals surface area contributed by atoms with E-state index in [2.05, 4.69) is 5.32 Å². The molecular weight excluding hydrogens is 300 g/mol. The standard InChI is InChI=1S/C17H26N2O2.ClH/c1-17(18)10-6-5-9-15(17)16(20)19-11-13-7-3-4-8-14(13)12-21-2;/h3-4,7-8,15H,5-6,9-12,18H2,1-2H3,(H,19,20);1H. The third-order valence-corrected chi connectivity index (χ3v) is 4.44. The molecular formula is C17H27ClN2O2. The van der Waals surface area contributed by atoms with Crippen molar-refractivity contribution >= 4 is 18.3 Å². The van der Waals surface area contributed by atoms with E-state index in [1.165, 1.54) is 0 Å². The minimum atomic E-state index is -0.381. The largest absolute Gasteiger partial charge is 0.380 e. The van der Waals surface area contributed by atoms with Crippen molar-refractivity contribution in [2.75, 3.05) is 7.11 Å². The molecule has 0 aliphatic heterocycles. The van der Waals surface area contributed by atoms with E-state index in [0.29, 0.717) is 13.2 Å². The molecule has 1 saturated carbocycles. The Labute approximate surface area is 139 Å². The van der Waals surface area contributed by atoms with Crippen LogP contribution in [-0.2, 0) is 22.7 Å². The predicted molar refractivity (Wildman–Crippen MR) is 90.8 cm³/mol. The van der Waals surface area contributed by atoms with Crippen LogP contribution in [0.1, 0.15) is 43.7 Å². The topological polar surface area (TPSA) is 64.3 Å². The molecule has 1 aromatic rings. The van der Waals surface area contributed by atoms with Crippen LogP contribution in [0, 0.1) is 5.92 Å². The van der Waals surface area contributed by atoms with E-state index in [0.717, 1.165) is 36.8 Å². The van der Waals surface area contributed by atoms with Gasteiger partial charge in [-0.15, -0.1) is 12.4 Å². The first kappa shape index (κ1) is 18.9. The molecule has 0 bridgehead atoms. The summed E-state index contributed by atoms with van der Waals surface area (Å²) >= 11 is 0. The number of hydrogen-bond acceptors (Lipinski definition) is 3. The molecule has 4 nitrogen and oxygen atoms in total. The fourth-order valence-electron chi connectivity index (χ4n) is 3.12. The number of carbonyl (C=O) groups excluding carboxylic acids is 1. The highest BCUT2D eigenvalue weighted by Crippen LogP contribution is 2.31. The number of ether oxygens (including phenoxy) is 1. The Morgan fingerprint density at radius 2 is 2.05 bits per heavy atom. The average Bonchev–Trinajstić information content (AvgIpc) is 2.46. The van der Waals surface area contributed by atoms with Gasteiger partial charge in [0.1, 0.15) is 0 Å². The molecule has 0 radical (unpaired) electrons. The molecule has 2 atom stereocenters. The fourth-order valence-corrected chi connectivity index (χ4v) is 3.12. The number of rotatable bonds is 5. The number of benzene rings is 1. The number of methoxy groups -OCH3 is 1. The van der Waals surface area contributed by atoms with Gasteiger partial charge in [0, 0.05) is 19.2 Å². The first-order valence-corrected chi connectivity index (χ1v) is 7.67. The van der Waals surface area contributed by atoms with E-state index >= 15 is 0 Å². The van der Waals surface area contributed by atoms with Crippen molar-refractivity contribution in [3.63, 3.8) is 0 Å². The molecule has 124 valence electrons. The van der Waals surface area contributed by atoms with E-state index in [4.69, 9.17) is 10.5 Å². The number of halogens is 1. The molecule has 1 aliphatic carbocycles. The smallest absolute Gasteiger partial charge is 0.225 e. The van der Waals surface area contributed by atoms with Gasteiger partial charge in [-0.3, -0.25) is 4.79 Å². The van der Waals surface area contributed by atoms with E-state index < -0.39 is 0 Å². The summed E-state index contributed by atoms with van der Waals surface area (Å²) in [5.74, 6) is -0.00671. The first-order chi connectivity index (χ1) is 10.0. The Hall–Kier alpha value is -1.10. The molecule has 1 aliphatic rings. The minimum Gasteiger partial charge on any atom is -0.380 e. The van der Waals surface area contributed by atoms with Crippen molar-refractivity contribution in [2.45, 2.75) is 51.3 Å². The average molecular weight is 327 g/mol. The highest BCUT2D eigenvalue weighted by molar-refractivity contribution is 5.85. The fraction of sp³-hybridized carbons (Fsp3) is 0.588. The molecule has 0 spiro atoms. The lowest BCUT2D eigenvalue weighted by Gasteiger charge is -2.37. The van der Waals surface area contributed by atoms with Crippen LogP contribution in [0.3, 0.4) is 0 Å². The van der Waals surface area contributed by atoms with Crippen LogP contribution in [0.25, 0.3) is 0 Å². The second-order valence-electron chi connectivity index (χ2n) is 6.22. The SMILES string of the molecule is COCc1ccccc1CNC(=O)C1CCCCC1(C)N.Cl. The molecule has 22 heavy (non-hydrogen) atoms. The quantitative estimate of drug-likeness (QED) is 0.874. The molecule has 5 heteroatoms. The Bertz CT molecular complexity index is 491. The van der Waals surface area contributed by atoms with Gasteiger partial charge in [-0.1, -0.05) is 37.1 Å². The summed E-state index contributed by atoms with van der Waals surface area (Å²) in [7, 11) is 1.68. The van der Waals surface area contributed by atoms with Crippen molar-refractivity contribution in [3.05, 3.63) is 35.4 Å². The molecule has 1 aromatic carbocycles. The monoisotopic (exact) mass is 326 g/mol. The number of amides is 1. The van der Waals surface area contributed by atoms with Crippen molar-refractivity contribution in [2.24, 2.45) is 11.7 Å². The minimum absolute atomic E-state index is 0. The van der Waals surface area contributed by atoms with Gasteiger partial charge in [-0.2, -0.15) is 0 Å². The summed E-state index contributed by atoms with van der Waals surface area (Å²) in [6.07, 6.45) is 4.02. The van der Waals surface area contributed by atoms with Crippen molar-refractivity contribution < 1.29 is 9.53 Å². The zero-order chi connectivity index (χ0) is 15.3. The van der Waals surface area contributed by atoms with Gasteiger partial charge in [-0.25, -0.2) is 0 Å². The van der Waals surface area contributed by atoms with Gasteiger partial charge in [0.05, 0.1) is 12.5 Å². The van der Waals surface area contributed by atoms with Gasteiger partial charge >= 0.3 is 0 Å². The van der Waals surface area contributed by atoms with Gasteiger partial charge < -0.3 is 15.8 Å². The highest BCUT2D eigenvalue weighted by atomic mass is 35.5. The summed E-state index contributed by atoms with van der Waals surface area (Å²) < 4.78 is 5.19. The molecule has 2 unspecified atom stereocenters. The highest BCUT2D eigenvalue weighted by Gasteiger charge is 2.37. The zero-order valence-corrected chi connectivity index (χ0v) is 14.2. The summed E-state index contributed by atoms with van der Waals surface area (Å²) in [5.41, 5.74) is 8.12. The summed E-state index contributed by atoms with van der Waals surface area (Å²) in [5, 5.41) is 3.05. The summed E-state index contributed by atoms with van der Waals surface area (Å²) in [6, 6.07) is 8.02. The Balaban J connectivity index is 0.00000242. The van der Waals surface area contributed by atoms with Crippen molar-refractivity contribution in [1.82, 2.24) is 5.32 Å². The van der Waals surface area contributed by atoms with Crippen LogP contribution in [-0.4, -0.2) is 18.6 Å². The van der Waals surface area contributed by atoms with E-state index in [9.17, 15) is 4.79 Å². The molecule has 0 saturated heterocycles. The Morgan fingerprint density at radius 1 is 1.36 bits per heavy atom. The van der Waals surface area contributed by atoms with Gasteiger partial charge in [-0.05, 0) is 30.9 Å². The summed E-state index contributed by atoms with van der Waals surface area (Å²) in [4.78, 5) is 12.4. The predicted octanol–water partition coefficient (Wildman–Crippen LogP) is 2.78. The summed E-state index contributed by atoms with van der Waals surface area (Å²) in [6.45, 7) is 3.09. The van der Waals surface area contributed by atoms with Gasteiger partial charge in [0.25, 0.3) is 0 Å². The lowest BCUT2D eigenvalue weighted by Crippen LogP contribution is -2.52. The number of nitrogens with two attached hydrogens (primary N) is 1.